The maximum Gasteiger partial charge on any atom is 0.328 e. The van der Waals surface area contributed by atoms with Gasteiger partial charge in [-0.2, -0.15) is 0 Å². The first-order valence-corrected chi connectivity index (χ1v) is 12.8. The van der Waals surface area contributed by atoms with E-state index in [1.165, 1.54) is 12.7 Å². The molecule has 6 heteroatoms. The number of amides is 2. The maximum absolute atomic E-state index is 13.2. The highest BCUT2D eigenvalue weighted by Gasteiger charge is 2.38. The lowest BCUT2D eigenvalue weighted by Crippen LogP contribution is -2.45. The van der Waals surface area contributed by atoms with Crippen molar-refractivity contribution in [2.75, 3.05) is 12.4 Å². The first-order chi connectivity index (χ1) is 17.8. The molecule has 4 rings (SSSR count). The number of aryl methyl sites for hydroxylation is 1. The fourth-order valence-corrected chi connectivity index (χ4v) is 4.76. The number of fused-ring (bicyclic) bond motifs is 1. The normalized spacial score (nSPS) is 13.4. The van der Waals surface area contributed by atoms with Gasteiger partial charge in [-0.05, 0) is 71.3 Å². The van der Waals surface area contributed by atoms with Gasteiger partial charge in [-0.15, -0.1) is 0 Å². The maximum atomic E-state index is 13.2. The van der Waals surface area contributed by atoms with Crippen molar-refractivity contribution in [2.45, 2.75) is 52.6 Å². The summed E-state index contributed by atoms with van der Waals surface area (Å²) >= 11 is 0. The molecular weight excluding hydrogens is 464 g/mol. The molecule has 0 radical (unpaired) electrons. The molecule has 3 aromatic rings. The van der Waals surface area contributed by atoms with Crippen LogP contribution in [0, 0.1) is 5.92 Å². The zero-order valence-electron chi connectivity index (χ0n) is 21.9. The topological polar surface area (TPSA) is 75.7 Å². The van der Waals surface area contributed by atoms with Crippen LogP contribution < -0.4 is 5.32 Å². The van der Waals surface area contributed by atoms with Crippen molar-refractivity contribution in [2.24, 2.45) is 5.92 Å². The second kappa shape index (κ2) is 11.4. The van der Waals surface area contributed by atoms with Crippen molar-refractivity contribution in [1.29, 1.82) is 0 Å². The summed E-state index contributed by atoms with van der Waals surface area (Å²) in [6.07, 6.45) is 3.31. The largest absolute Gasteiger partial charge is 0.467 e. The van der Waals surface area contributed by atoms with Gasteiger partial charge in [-0.3, -0.25) is 9.59 Å². The van der Waals surface area contributed by atoms with E-state index in [1.54, 1.807) is 4.90 Å². The van der Waals surface area contributed by atoms with Crippen LogP contribution in [0.1, 0.15) is 65.5 Å². The van der Waals surface area contributed by atoms with Gasteiger partial charge in [0.1, 0.15) is 6.04 Å². The van der Waals surface area contributed by atoms with E-state index < -0.39 is 12.0 Å². The Labute approximate surface area is 218 Å². The Bertz CT molecular complexity index is 1280. The lowest BCUT2D eigenvalue weighted by molar-refractivity contribution is -0.147. The molecule has 1 N–H and O–H groups in total. The number of ether oxygens (including phenoxy) is 1. The number of rotatable bonds is 9. The van der Waals surface area contributed by atoms with Gasteiger partial charge in [0.15, 0.2) is 0 Å². The van der Waals surface area contributed by atoms with Crippen LogP contribution in [0.25, 0.3) is 11.1 Å². The number of benzene rings is 3. The van der Waals surface area contributed by atoms with Gasteiger partial charge in [0, 0.05) is 23.4 Å². The quantitative estimate of drug-likeness (QED) is 0.362. The smallest absolute Gasteiger partial charge is 0.328 e. The van der Waals surface area contributed by atoms with E-state index in [0.717, 1.165) is 36.0 Å². The van der Waals surface area contributed by atoms with Crippen molar-refractivity contribution in [3.63, 3.8) is 0 Å². The molecule has 1 heterocycles. The molecular formula is C31H34N2O4. The standard InChI is InChI=1S/C31H34N2O4/c1-5-6-7-21-8-10-23(11-9-21)29(34)32-26-16-14-22(15-17-26)24-12-13-25-19-33(30(35)27(25)18-24)28(20(2)3)31(36)37-4/h8-18,20,28H,5-7,19H2,1-4H3,(H,32,34). The molecule has 0 saturated heterocycles. The van der Waals surface area contributed by atoms with E-state index in [1.807, 2.05) is 80.6 Å². The number of methoxy groups -OCH3 is 1. The average Bonchev–Trinajstić information content (AvgIpc) is 3.23. The molecule has 1 aliphatic rings. The van der Waals surface area contributed by atoms with Gasteiger partial charge in [-0.25, -0.2) is 4.79 Å². The predicted octanol–water partition coefficient (Wildman–Crippen LogP) is 6.10. The summed E-state index contributed by atoms with van der Waals surface area (Å²) in [4.78, 5) is 39.8. The summed E-state index contributed by atoms with van der Waals surface area (Å²) in [5.74, 6) is -0.776. The number of carbonyl (C=O) groups is 3. The van der Waals surface area contributed by atoms with E-state index in [-0.39, 0.29) is 17.7 Å². The minimum absolute atomic E-state index is 0.0630. The summed E-state index contributed by atoms with van der Waals surface area (Å²) in [5.41, 5.74) is 5.89. The van der Waals surface area contributed by atoms with E-state index in [9.17, 15) is 14.4 Å². The molecule has 0 saturated carbocycles. The highest BCUT2D eigenvalue weighted by atomic mass is 16.5. The molecule has 192 valence electrons. The molecule has 6 nitrogen and oxygen atoms in total. The van der Waals surface area contributed by atoms with Crippen LogP contribution in [0.2, 0.25) is 0 Å². The minimum Gasteiger partial charge on any atom is -0.467 e. The van der Waals surface area contributed by atoms with Crippen molar-refractivity contribution < 1.29 is 19.1 Å². The van der Waals surface area contributed by atoms with Crippen molar-refractivity contribution in [1.82, 2.24) is 4.90 Å². The number of anilines is 1. The van der Waals surface area contributed by atoms with Gasteiger partial charge >= 0.3 is 5.97 Å². The van der Waals surface area contributed by atoms with Crippen LogP contribution in [0.4, 0.5) is 5.69 Å². The van der Waals surface area contributed by atoms with Crippen LogP contribution in [0.3, 0.4) is 0 Å². The molecule has 1 aliphatic heterocycles. The Morgan fingerprint density at radius 2 is 1.65 bits per heavy atom. The second-order valence-corrected chi connectivity index (χ2v) is 9.85. The molecule has 0 bridgehead atoms. The fraction of sp³-hybridized carbons (Fsp3) is 0.323. The van der Waals surface area contributed by atoms with Gasteiger partial charge in [0.05, 0.1) is 7.11 Å². The minimum atomic E-state index is -0.621. The molecule has 1 atom stereocenters. The number of hydrogen-bond donors (Lipinski definition) is 1. The van der Waals surface area contributed by atoms with Crippen molar-refractivity contribution in [3.8, 4) is 11.1 Å². The van der Waals surface area contributed by atoms with Crippen LogP contribution in [0.15, 0.2) is 66.7 Å². The lowest BCUT2D eigenvalue weighted by Gasteiger charge is -2.28. The Morgan fingerprint density at radius 1 is 0.973 bits per heavy atom. The molecule has 1 unspecified atom stereocenters. The number of nitrogens with zero attached hydrogens (tertiary/aromatic N) is 1. The monoisotopic (exact) mass is 498 g/mol. The van der Waals surface area contributed by atoms with E-state index in [0.29, 0.717) is 23.4 Å². The molecule has 3 aromatic carbocycles. The molecule has 0 spiro atoms. The SMILES string of the molecule is CCCCc1ccc(C(=O)Nc2ccc(-c3ccc4c(c3)C(=O)N(C(C(=O)OC)C(C)C)C4)cc2)cc1. The fourth-order valence-electron chi connectivity index (χ4n) is 4.76. The lowest BCUT2D eigenvalue weighted by atomic mass is 10.00. The van der Waals surface area contributed by atoms with E-state index in [2.05, 4.69) is 12.2 Å². The predicted molar refractivity (Wildman–Crippen MR) is 145 cm³/mol. The number of carbonyl (C=O) groups excluding carboxylic acids is 3. The third-order valence-corrected chi connectivity index (χ3v) is 6.86. The average molecular weight is 499 g/mol. The first-order valence-electron chi connectivity index (χ1n) is 12.8. The first kappa shape index (κ1) is 26.1. The summed E-state index contributed by atoms with van der Waals surface area (Å²) < 4.78 is 4.95. The van der Waals surface area contributed by atoms with Crippen molar-refractivity contribution in [3.05, 3.63) is 89.0 Å². The molecule has 0 aliphatic carbocycles. The van der Waals surface area contributed by atoms with E-state index in [4.69, 9.17) is 4.74 Å². The summed E-state index contributed by atoms with van der Waals surface area (Å²) in [7, 11) is 1.35. The summed E-state index contributed by atoms with van der Waals surface area (Å²) in [6.45, 7) is 6.37. The van der Waals surface area contributed by atoms with Gasteiger partial charge in [-0.1, -0.05) is 63.6 Å². The van der Waals surface area contributed by atoms with Gasteiger partial charge in [0.2, 0.25) is 0 Å². The molecule has 37 heavy (non-hydrogen) atoms. The number of unbranched alkanes of at least 4 members (excludes halogenated alkanes) is 1. The number of esters is 1. The highest BCUT2D eigenvalue weighted by Crippen LogP contribution is 2.32. The summed E-state index contributed by atoms with van der Waals surface area (Å²) in [5, 5.41) is 2.95. The number of hydrogen-bond acceptors (Lipinski definition) is 4. The second-order valence-electron chi connectivity index (χ2n) is 9.85. The zero-order chi connectivity index (χ0) is 26.5. The Morgan fingerprint density at radius 3 is 2.27 bits per heavy atom. The molecule has 0 fully saturated rings. The Kier molecular flexibility index (Phi) is 8.07. The van der Waals surface area contributed by atoms with Gasteiger partial charge in [0.25, 0.3) is 11.8 Å². The van der Waals surface area contributed by atoms with Crippen LogP contribution in [0.5, 0.6) is 0 Å². The Balaban J connectivity index is 1.45. The zero-order valence-corrected chi connectivity index (χ0v) is 21.9. The third-order valence-electron chi connectivity index (χ3n) is 6.86. The Hall–Kier alpha value is -3.93. The van der Waals surface area contributed by atoms with Gasteiger partial charge < -0.3 is 15.0 Å². The van der Waals surface area contributed by atoms with E-state index >= 15 is 0 Å². The third kappa shape index (κ3) is 5.74. The number of nitrogens with one attached hydrogen (secondary N) is 1. The molecule has 2 amide bonds. The van der Waals surface area contributed by atoms with Crippen molar-refractivity contribution >= 4 is 23.5 Å². The van der Waals surface area contributed by atoms with Crippen LogP contribution >= 0.6 is 0 Å². The van der Waals surface area contributed by atoms with Crippen LogP contribution in [-0.4, -0.2) is 35.8 Å². The molecule has 0 aromatic heterocycles. The summed E-state index contributed by atoms with van der Waals surface area (Å²) in [6, 6.07) is 20.5. The van der Waals surface area contributed by atoms with Crippen LogP contribution in [-0.2, 0) is 22.5 Å². The highest BCUT2D eigenvalue weighted by molar-refractivity contribution is 6.04.